The van der Waals surface area contributed by atoms with E-state index >= 15 is 0 Å². The summed E-state index contributed by atoms with van der Waals surface area (Å²) in [6.45, 7) is 5.51. The van der Waals surface area contributed by atoms with Crippen LogP contribution in [-0.4, -0.2) is 56.2 Å². The molecule has 3 aromatic carbocycles. The number of aliphatic hydroxyl groups is 1. The SMILES string of the molecule is CNC(=O)c1cccc(S(=O)(=O)c2ccc(CCN(C[C@H](O)c3cccc(Cl)c3)C(=O)OC(C)(C)C)cc2)c1. The van der Waals surface area contributed by atoms with Crippen molar-refractivity contribution in [3.8, 4) is 0 Å². The molecule has 2 N–H and O–H groups in total. The number of benzene rings is 3. The van der Waals surface area contributed by atoms with Crippen LogP contribution in [0, 0.1) is 0 Å². The lowest BCUT2D eigenvalue weighted by molar-refractivity contribution is 0.0147. The number of carbonyl (C=O) groups is 2. The summed E-state index contributed by atoms with van der Waals surface area (Å²) in [5, 5.41) is 13.7. The van der Waals surface area contributed by atoms with Gasteiger partial charge in [0.25, 0.3) is 5.91 Å². The summed E-state index contributed by atoms with van der Waals surface area (Å²) >= 11 is 6.05. The molecule has 0 saturated carbocycles. The second-order valence-electron chi connectivity index (χ2n) is 10.0. The first-order valence-corrected chi connectivity index (χ1v) is 14.2. The molecule has 0 radical (unpaired) electrons. The highest BCUT2D eigenvalue weighted by Gasteiger charge is 2.25. The Hall–Kier alpha value is -3.40. The fourth-order valence-electron chi connectivity index (χ4n) is 3.80. The van der Waals surface area contributed by atoms with E-state index in [2.05, 4.69) is 5.32 Å². The van der Waals surface area contributed by atoms with Gasteiger partial charge in [-0.1, -0.05) is 41.9 Å². The first kappa shape index (κ1) is 30.1. The van der Waals surface area contributed by atoms with E-state index in [1.807, 2.05) is 0 Å². The van der Waals surface area contributed by atoms with E-state index in [0.717, 1.165) is 5.56 Å². The summed E-state index contributed by atoms with van der Waals surface area (Å²) in [7, 11) is -2.37. The van der Waals surface area contributed by atoms with Gasteiger partial charge in [-0.3, -0.25) is 4.79 Å². The number of nitrogens with one attached hydrogen (secondary N) is 1. The number of aliphatic hydroxyl groups excluding tert-OH is 1. The highest BCUT2D eigenvalue weighted by molar-refractivity contribution is 7.91. The molecule has 3 aromatic rings. The third-order valence-electron chi connectivity index (χ3n) is 5.82. The van der Waals surface area contributed by atoms with Crippen molar-refractivity contribution in [2.45, 2.75) is 48.7 Å². The van der Waals surface area contributed by atoms with Gasteiger partial charge in [0.1, 0.15) is 5.60 Å². The molecular formula is C29H33ClN2O6S. The average Bonchev–Trinajstić information content (AvgIpc) is 2.89. The zero-order chi connectivity index (χ0) is 28.8. The predicted molar refractivity (Wildman–Crippen MR) is 150 cm³/mol. The van der Waals surface area contributed by atoms with Gasteiger partial charge in [-0.2, -0.15) is 0 Å². The van der Waals surface area contributed by atoms with E-state index in [9.17, 15) is 23.1 Å². The molecule has 0 aliphatic carbocycles. The average molecular weight is 573 g/mol. The van der Waals surface area contributed by atoms with Crippen molar-refractivity contribution >= 4 is 33.4 Å². The second kappa shape index (κ2) is 12.6. The van der Waals surface area contributed by atoms with E-state index in [4.69, 9.17) is 16.3 Å². The summed E-state index contributed by atoms with van der Waals surface area (Å²) in [5.41, 5.74) is 0.893. The molecule has 0 bridgehead atoms. The largest absolute Gasteiger partial charge is 0.444 e. The lowest BCUT2D eigenvalue weighted by Gasteiger charge is -2.29. The molecule has 1 atom stereocenters. The third-order valence-corrected chi connectivity index (χ3v) is 7.82. The van der Waals surface area contributed by atoms with Gasteiger partial charge in [0.05, 0.1) is 22.4 Å². The molecule has 2 amide bonds. The van der Waals surface area contributed by atoms with Crippen molar-refractivity contribution in [1.29, 1.82) is 0 Å². The minimum atomic E-state index is -3.84. The lowest BCUT2D eigenvalue weighted by atomic mass is 10.1. The molecule has 0 aliphatic heterocycles. The number of nitrogens with zero attached hydrogens (tertiary/aromatic N) is 1. The zero-order valence-corrected chi connectivity index (χ0v) is 23.9. The Balaban J connectivity index is 1.76. The van der Waals surface area contributed by atoms with Crippen molar-refractivity contribution in [2.24, 2.45) is 0 Å². The number of ether oxygens (including phenoxy) is 1. The Morgan fingerprint density at radius 1 is 1.00 bits per heavy atom. The fourth-order valence-corrected chi connectivity index (χ4v) is 5.30. The summed E-state index contributed by atoms with van der Waals surface area (Å²) in [6, 6.07) is 19.0. The molecule has 10 heteroatoms. The topological polar surface area (TPSA) is 113 Å². The molecule has 208 valence electrons. The van der Waals surface area contributed by atoms with E-state index < -0.39 is 27.6 Å². The van der Waals surface area contributed by atoms with E-state index in [1.165, 1.54) is 42.3 Å². The van der Waals surface area contributed by atoms with Crippen LogP contribution in [0.15, 0.2) is 82.6 Å². The molecule has 0 unspecified atom stereocenters. The van der Waals surface area contributed by atoms with E-state index in [-0.39, 0.29) is 34.4 Å². The predicted octanol–water partition coefficient (Wildman–Crippen LogP) is 5.05. The Morgan fingerprint density at radius 3 is 2.28 bits per heavy atom. The first-order chi connectivity index (χ1) is 18.3. The fraction of sp³-hybridized carbons (Fsp3) is 0.310. The minimum Gasteiger partial charge on any atom is -0.444 e. The molecule has 0 saturated heterocycles. The van der Waals surface area contributed by atoms with Gasteiger partial charge >= 0.3 is 6.09 Å². The maximum absolute atomic E-state index is 13.1. The van der Waals surface area contributed by atoms with Gasteiger partial charge in [0, 0.05) is 24.2 Å². The third kappa shape index (κ3) is 8.29. The summed E-state index contributed by atoms with van der Waals surface area (Å²) in [4.78, 5) is 26.4. The molecular weight excluding hydrogens is 540 g/mol. The minimum absolute atomic E-state index is 0.0105. The molecule has 0 fully saturated rings. The van der Waals surface area contributed by atoms with Crippen LogP contribution in [0.5, 0.6) is 0 Å². The Morgan fingerprint density at radius 2 is 1.67 bits per heavy atom. The lowest BCUT2D eigenvalue weighted by Crippen LogP contribution is -2.40. The highest BCUT2D eigenvalue weighted by Crippen LogP contribution is 2.23. The maximum atomic E-state index is 13.1. The number of halogens is 1. The normalized spacial score (nSPS) is 12.5. The number of hydrogen-bond donors (Lipinski definition) is 2. The van der Waals surface area contributed by atoms with Gasteiger partial charge in [-0.05, 0) is 80.8 Å². The number of rotatable bonds is 9. The molecule has 0 heterocycles. The summed E-state index contributed by atoms with van der Waals surface area (Å²) in [6.07, 6.45) is -1.15. The van der Waals surface area contributed by atoms with E-state index in [0.29, 0.717) is 17.0 Å². The van der Waals surface area contributed by atoms with Crippen LogP contribution in [0.1, 0.15) is 48.4 Å². The van der Waals surface area contributed by atoms with Crippen LogP contribution in [-0.2, 0) is 21.0 Å². The highest BCUT2D eigenvalue weighted by atomic mass is 35.5. The molecule has 3 rings (SSSR count). The molecule has 0 aromatic heterocycles. The van der Waals surface area contributed by atoms with Crippen LogP contribution in [0.4, 0.5) is 4.79 Å². The van der Waals surface area contributed by atoms with Crippen LogP contribution in [0.25, 0.3) is 0 Å². The van der Waals surface area contributed by atoms with Gasteiger partial charge in [0.2, 0.25) is 9.84 Å². The number of carbonyl (C=O) groups excluding carboxylic acids is 2. The second-order valence-corrected chi connectivity index (χ2v) is 12.4. The molecule has 8 nitrogen and oxygen atoms in total. The van der Waals surface area contributed by atoms with Gasteiger partial charge in [-0.25, -0.2) is 13.2 Å². The van der Waals surface area contributed by atoms with Crippen LogP contribution < -0.4 is 5.32 Å². The van der Waals surface area contributed by atoms with Crippen molar-refractivity contribution in [3.05, 3.63) is 94.5 Å². The Kier molecular flexibility index (Phi) is 9.77. The first-order valence-electron chi connectivity index (χ1n) is 12.4. The van der Waals surface area contributed by atoms with Crippen molar-refractivity contribution in [1.82, 2.24) is 10.2 Å². The maximum Gasteiger partial charge on any atom is 0.410 e. The van der Waals surface area contributed by atoms with Crippen LogP contribution in [0.3, 0.4) is 0 Å². The number of amides is 2. The van der Waals surface area contributed by atoms with Gasteiger partial charge in [0.15, 0.2) is 0 Å². The van der Waals surface area contributed by atoms with E-state index in [1.54, 1.807) is 63.2 Å². The molecule has 0 spiro atoms. The van der Waals surface area contributed by atoms with Gasteiger partial charge in [-0.15, -0.1) is 0 Å². The number of sulfone groups is 1. The zero-order valence-electron chi connectivity index (χ0n) is 22.3. The van der Waals surface area contributed by atoms with Crippen LogP contribution >= 0.6 is 11.6 Å². The monoisotopic (exact) mass is 572 g/mol. The summed E-state index contributed by atoms with van der Waals surface area (Å²) < 4.78 is 31.8. The molecule has 39 heavy (non-hydrogen) atoms. The Labute approximate surface area is 234 Å². The smallest absolute Gasteiger partial charge is 0.410 e. The molecule has 0 aliphatic rings. The van der Waals surface area contributed by atoms with Crippen molar-refractivity contribution < 1.29 is 27.9 Å². The quantitative estimate of drug-likeness (QED) is 0.371. The number of hydrogen-bond acceptors (Lipinski definition) is 6. The Bertz CT molecular complexity index is 1420. The van der Waals surface area contributed by atoms with Crippen molar-refractivity contribution in [2.75, 3.05) is 20.1 Å². The van der Waals surface area contributed by atoms with Crippen LogP contribution in [0.2, 0.25) is 5.02 Å². The van der Waals surface area contributed by atoms with Crippen molar-refractivity contribution in [3.63, 3.8) is 0 Å². The standard InChI is InChI=1S/C29H33ClN2O6S/c1-29(2,3)38-28(35)32(19-26(33)21-7-5-9-23(30)17-21)16-15-20-11-13-24(14-12-20)39(36,37)25-10-6-8-22(18-25)27(34)31-4/h5-14,17-18,26,33H,15-16,19H2,1-4H3,(H,31,34)/t26-/m0/s1. The van der Waals surface area contributed by atoms with Gasteiger partial charge < -0.3 is 20.1 Å². The summed E-state index contributed by atoms with van der Waals surface area (Å²) in [5.74, 6) is -0.377.